The normalized spacial score (nSPS) is 14.1. The van der Waals surface area contributed by atoms with E-state index in [1.807, 2.05) is 0 Å². The second-order valence-electron chi connectivity index (χ2n) is 3.95. The molecule has 0 aromatic heterocycles. The number of aliphatic hydroxyl groups excluding tert-OH is 1. The Kier molecular flexibility index (Phi) is 7.81. The van der Waals surface area contributed by atoms with Gasteiger partial charge in [-0.3, -0.25) is 0 Å². The second-order valence-corrected chi connectivity index (χ2v) is 4.32. The summed E-state index contributed by atoms with van der Waals surface area (Å²) in [6.07, 6.45) is 0.872. The molecule has 1 N–H and O–H groups in total. The van der Waals surface area contributed by atoms with E-state index in [1.165, 1.54) is 0 Å². The van der Waals surface area contributed by atoms with Crippen molar-refractivity contribution in [1.29, 1.82) is 0 Å². The van der Waals surface area contributed by atoms with Gasteiger partial charge in [-0.15, -0.1) is 0 Å². The smallest absolute Gasteiger partial charge is 0.0443 e. The topological polar surface area (TPSA) is 23.5 Å². The van der Waals surface area contributed by atoms with E-state index in [9.17, 15) is 0 Å². The molecule has 0 saturated heterocycles. The monoisotopic (exact) mass is 205 g/mol. The van der Waals surface area contributed by atoms with E-state index in [-0.39, 0.29) is 0 Å². The van der Waals surface area contributed by atoms with Crippen LogP contribution in [0.25, 0.3) is 0 Å². The molecule has 13 heavy (non-hydrogen) atoms. The highest BCUT2D eigenvalue weighted by molar-refractivity contribution is 7.80. The minimum absolute atomic E-state index is 0.290. The maximum atomic E-state index is 8.75. The first kappa shape index (κ1) is 13.3. The molecule has 0 aliphatic carbocycles. The van der Waals surface area contributed by atoms with E-state index in [1.54, 1.807) is 0 Å². The van der Waals surface area contributed by atoms with Gasteiger partial charge in [-0.25, -0.2) is 0 Å². The summed E-state index contributed by atoms with van der Waals surface area (Å²) < 4.78 is 0. The van der Waals surface area contributed by atoms with Crippen molar-refractivity contribution in [1.82, 2.24) is 4.90 Å². The van der Waals surface area contributed by atoms with Gasteiger partial charge in [0.05, 0.1) is 0 Å². The second kappa shape index (κ2) is 7.65. The molecule has 3 heteroatoms. The lowest BCUT2D eigenvalue weighted by Crippen LogP contribution is -2.36. The third-order valence-corrected chi connectivity index (χ3v) is 2.81. The van der Waals surface area contributed by atoms with Crippen molar-refractivity contribution in [3.63, 3.8) is 0 Å². The molecular formula is C10H23NOS. The van der Waals surface area contributed by atoms with E-state index >= 15 is 0 Å². The summed E-state index contributed by atoms with van der Waals surface area (Å²) >= 11 is 4.27. The van der Waals surface area contributed by atoms with Crippen molar-refractivity contribution >= 4 is 12.6 Å². The van der Waals surface area contributed by atoms with Crippen molar-refractivity contribution in [3.8, 4) is 0 Å². The van der Waals surface area contributed by atoms with Crippen LogP contribution in [0.15, 0.2) is 0 Å². The van der Waals surface area contributed by atoms with E-state index in [0.29, 0.717) is 18.6 Å². The van der Waals surface area contributed by atoms with Crippen LogP contribution in [0.1, 0.15) is 27.2 Å². The van der Waals surface area contributed by atoms with Crippen LogP contribution >= 0.6 is 12.6 Å². The molecule has 1 atom stereocenters. The molecule has 0 bridgehead atoms. The predicted molar refractivity (Wildman–Crippen MR) is 61.4 cm³/mol. The van der Waals surface area contributed by atoms with Gasteiger partial charge in [0.25, 0.3) is 0 Å². The molecule has 0 amide bonds. The maximum Gasteiger partial charge on any atom is 0.0443 e. The molecule has 0 aliphatic rings. The first-order valence-electron chi connectivity index (χ1n) is 5.07. The first-order chi connectivity index (χ1) is 6.11. The summed E-state index contributed by atoms with van der Waals surface area (Å²) in [7, 11) is 0. The Bertz CT molecular complexity index is 119. The molecule has 0 aromatic carbocycles. The van der Waals surface area contributed by atoms with Crippen LogP contribution in [0, 0.1) is 5.92 Å². The summed E-state index contributed by atoms with van der Waals surface area (Å²) in [6, 6.07) is 0.564. The van der Waals surface area contributed by atoms with Gasteiger partial charge in [0.1, 0.15) is 0 Å². The zero-order valence-electron chi connectivity index (χ0n) is 9.03. The van der Waals surface area contributed by atoms with Gasteiger partial charge < -0.3 is 10.0 Å². The lowest BCUT2D eigenvalue weighted by atomic mass is 10.1. The molecule has 0 aromatic rings. The zero-order chi connectivity index (χ0) is 10.3. The molecule has 0 aliphatic heterocycles. The number of rotatable bonds is 7. The van der Waals surface area contributed by atoms with E-state index in [2.05, 4.69) is 38.3 Å². The molecule has 0 saturated carbocycles. The SMILES string of the molecule is CC(CS)CN(CCCO)C(C)C. The van der Waals surface area contributed by atoms with Crippen molar-refractivity contribution in [2.45, 2.75) is 33.2 Å². The van der Waals surface area contributed by atoms with Gasteiger partial charge in [-0.2, -0.15) is 12.6 Å². The Morgan fingerprint density at radius 2 is 1.92 bits per heavy atom. The lowest BCUT2D eigenvalue weighted by molar-refractivity contribution is 0.176. The summed E-state index contributed by atoms with van der Waals surface area (Å²) in [5, 5.41) is 8.75. The fourth-order valence-electron chi connectivity index (χ4n) is 1.29. The Hall–Kier alpha value is 0.270. The van der Waals surface area contributed by atoms with Crippen LogP contribution < -0.4 is 0 Å². The minimum Gasteiger partial charge on any atom is -0.396 e. The molecule has 0 rings (SSSR count). The first-order valence-corrected chi connectivity index (χ1v) is 5.70. The zero-order valence-corrected chi connectivity index (χ0v) is 9.93. The Morgan fingerprint density at radius 3 is 2.31 bits per heavy atom. The largest absolute Gasteiger partial charge is 0.396 e. The summed E-state index contributed by atoms with van der Waals surface area (Å²) in [5.74, 6) is 1.56. The number of aliphatic hydroxyl groups is 1. The fraction of sp³-hybridized carbons (Fsp3) is 1.00. The fourth-order valence-corrected chi connectivity index (χ4v) is 1.41. The highest BCUT2D eigenvalue weighted by atomic mass is 32.1. The van der Waals surface area contributed by atoms with Crippen molar-refractivity contribution in [3.05, 3.63) is 0 Å². The van der Waals surface area contributed by atoms with Gasteiger partial charge in [-0.1, -0.05) is 6.92 Å². The number of nitrogens with zero attached hydrogens (tertiary/aromatic N) is 1. The highest BCUT2D eigenvalue weighted by Crippen LogP contribution is 2.06. The standard InChI is InChI=1S/C10H23NOS/c1-9(2)11(5-4-6-12)7-10(3)8-13/h9-10,12-13H,4-8H2,1-3H3. The van der Waals surface area contributed by atoms with Gasteiger partial charge in [0, 0.05) is 25.7 Å². The number of hydrogen-bond donors (Lipinski definition) is 2. The molecule has 2 nitrogen and oxygen atoms in total. The third kappa shape index (κ3) is 6.36. The minimum atomic E-state index is 0.290. The van der Waals surface area contributed by atoms with Crippen LogP contribution in [-0.2, 0) is 0 Å². The predicted octanol–water partition coefficient (Wildman–Crippen LogP) is 1.65. The van der Waals surface area contributed by atoms with Crippen LogP contribution in [-0.4, -0.2) is 41.5 Å². The van der Waals surface area contributed by atoms with E-state index in [4.69, 9.17) is 5.11 Å². The van der Waals surface area contributed by atoms with Crippen LogP contribution in [0.4, 0.5) is 0 Å². The van der Waals surface area contributed by atoms with Crippen molar-refractivity contribution in [2.24, 2.45) is 5.92 Å². The average molecular weight is 205 g/mol. The summed E-state index contributed by atoms with van der Waals surface area (Å²) in [6.45, 7) is 8.97. The van der Waals surface area contributed by atoms with E-state index < -0.39 is 0 Å². The maximum absolute atomic E-state index is 8.75. The highest BCUT2D eigenvalue weighted by Gasteiger charge is 2.11. The molecule has 0 radical (unpaired) electrons. The lowest BCUT2D eigenvalue weighted by Gasteiger charge is -2.28. The van der Waals surface area contributed by atoms with Gasteiger partial charge >= 0.3 is 0 Å². The quantitative estimate of drug-likeness (QED) is 0.617. The van der Waals surface area contributed by atoms with Crippen LogP contribution in [0.3, 0.4) is 0 Å². The average Bonchev–Trinajstić information content (AvgIpc) is 2.11. The molecule has 0 spiro atoms. The van der Waals surface area contributed by atoms with Crippen LogP contribution in [0.5, 0.6) is 0 Å². The van der Waals surface area contributed by atoms with E-state index in [0.717, 1.165) is 25.3 Å². The number of hydrogen-bond acceptors (Lipinski definition) is 3. The Morgan fingerprint density at radius 1 is 1.31 bits per heavy atom. The van der Waals surface area contributed by atoms with Gasteiger partial charge in [-0.05, 0) is 31.9 Å². The molecule has 0 fully saturated rings. The summed E-state index contributed by atoms with van der Waals surface area (Å²) in [5.41, 5.74) is 0. The van der Waals surface area contributed by atoms with Crippen LogP contribution in [0.2, 0.25) is 0 Å². The Labute approximate surface area is 87.7 Å². The number of thiol groups is 1. The molecule has 1 unspecified atom stereocenters. The molecular weight excluding hydrogens is 182 g/mol. The molecule has 0 heterocycles. The van der Waals surface area contributed by atoms with Gasteiger partial charge in [0.2, 0.25) is 0 Å². The van der Waals surface area contributed by atoms with Crippen molar-refractivity contribution in [2.75, 3.05) is 25.4 Å². The summed E-state index contributed by atoms with van der Waals surface area (Å²) in [4.78, 5) is 2.40. The molecule has 80 valence electrons. The Balaban J connectivity index is 3.79. The third-order valence-electron chi connectivity index (χ3n) is 2.19. The van der Waals surface area contributed by atoms with Crippen molar-refractivity contribution < 1.29 is 5.11 Å². The van der Waals surface area contributed by atoms with Gasteiger partial charge in [0.15, 0.2) is 0 Å².